The summed E-state index contributed by atoms with van der Waals surface area (Å²) in [6, 6.07) is 0.183. The molecule has 1 aliphatic heterocycles. The predicted octanol–water partition coefficient (Wildman–Crippen LogP) is 1.97. The fourth-order valence-electron chi connectivity index (χ4n) is 2.37. The molecule has 0 radical (unpaired) electrons. The van der Waals surface area contributed by atoms with Crippen LogP contribution in [-0.4, -0.2) is 45.7 Å². The first kappa shape index (κ1) is 15.7. The second kappa shape index (κ2) is 6.85. The Labute approximate surface area is 125 Å². The van der Waals surface area contributed by atoms with Gasteiger partial charge in [0.05, 0.1) is 18.4 Å². The largest absolute Gasteiger partial charge is 0.444 e. The number of hydrogen-bond donors (Lipinski definition) is 1. The Hall–Kier alpha value is -1.69. The normalized spacial score (nSPS) is 16.5. The Morgan fingerprint density at radius 3 is 2.67 bits per heavy atom. The zero-order valence-electron chi connectivity index (χ0n) is 13.0. The molecule has 21 heavy (non-hydrogen) atoms. The highest BCUT2D eigenvalue weighted by Gasteiger charge is 2.29. The molecule has 2 rings (SSSR count). The van der Waals surface area contributed by atoms with E-state index < -0.39 is 5.60 Å². The Morgan fingerprint density at radius 2 is 2.10 bits per heavy atom. The molecule has 6 heteroatoms. The number of hydrogen-bond acceptors (Lipinski definition) is 5. The Bertz CT molecular complexity index is 452. The van der Waals surface area contributed by atoms with E-state index in [9.17, 15) is 4.79 Å². The van der Waals surface area contributed by atoms with Gasteiger partial charge in [0.15, 0.2) is 0 Å². The third-order valence-electron chi connectivity index (χ3n) is 3.33. The Kier molecular flexibility index (Phi) is 5.12. The lowest BCUT2D eigenvalue weighted by Gasteiger charge is -2.35. The quantitative estimate of drug-likeness (QED) is 0.922. The molecule has 0 aliphatic carbocycles. The van der Waals surface area contributed by atoms with Crippen molar-refractivity contribution in [3.8, 4) is 0 Å². The SMILES string of the molecule is CC(C)(C)OC(=O)N(Cc1cnccn1)C1CCNCC1. The van der Waals surface area contributed by atoms with Crippen molar-refractivity contribution in [3.63, 3.8) is 0 Å². The lowest BCUT2D eigenvalue weighted by molar-refractivity contribution is 0.0104. The number of amides is 1. The third kappa shape index (κ3) is 4.97. The molecule has 1 aliphatic rings. The van der Waals surface area contributed by atoms with Gasteiger partial charge in [0.25, 0.3) is 0 Å². The van der Waals surface area contributed by atoms with Crippen molar-refractivity contribution >= 4 is 6.09 Å². The lowest BCUT2D eigenvalue weighted by Crippen LogP contribution is -2.47. The minimum Gasteiger partial charge on any atom is -0.444 e. The van der Waals surface area contributed by atoms with E-state index in [2.05, 4.69) is 15.3 Å². The average molecular weight is 292 g/mol. The summed E-state index contributed by atoms with van der Waals surface area (Å²) in [6.45, 7) is 7.93. The van der Waals surface area contributed by atoms with E-state index in [4.69, 9.17) is 4.74 Å². The van der Waals surface area contributed by atoms with E-state index in [1.807, 2.05) is 20.8 Å². The van der Waals surface area contributed by atoms with Crippen LogP contribution in [0.25, 0.3) is 0 Å². The van der Waals surface area contributed by atoms with Crippen LogP contribution in [0.15, 0.2) is 18.6 Å². The minimum absolute atomic E-state index is 0.183. The van der Waals surface area contributed by atoms with Crippen LogP contribution in [0.3, 0.4) is 0 Å². The maximum atomic E-state index is 12.5. The van der Waals surface area contributed by atoms with Crippen molar-refractivity contribution in [2.75, 3.05) is 13.1 Å². The van der Waals surface area contributed by atoms with Crippen LogP contribution in [0.4, 0.5) is 4.79 Å². The monoisotopic (exact) mass is 292 g/mol. The molecular weight excluding hydrogens is 268 g/mol. The third-order valence-corrected chi connectivity index (χ3v) is 3.33. The van der Waals surface area contributed by atoms with E-state index >= 15 is 0 Å². The fraction of sp³-hybridized carbons (Fsp3) is 0.667. The van der Waals surface area contributed by atoms with E-state index in [1.165, 1.54) is 0 Å². The Morgan fingerprint density at radius 1 is 1.38 bits per heavy atom. The van der Waals surface area contributed by atoms with Crippen LogP contribution in [0.2, 0.25) is 0 Å². The number of aromatic nitrogens is 2. The van der Waals surface area contributed by atoms with Gasteiger partial charge in [-0.1, -0.05) is 0 Å². The van der Waals surface area contributed by atoms with Crippen LogP contribution >= 0.6 is 0 Å². The second-order valence-electron chi connectivity index (χ2n) is 6.29. The average Bonchev–Trinajstić information content (AvgIpc) is 2.45. The van der Waals surface area contributed by atoms with Crippen LogP contribution in [-0.2, 0) is 11.3 Å². The van der Waals surface area contributed by atoms with E-state index in [0.29, 0.717) is 6.54 Å². The summed E-state index contributed by atoms with van der Waals surface area (Å²) in [6.07, 6.45) is 6.55. The number of nitrogens with zero attached hydrogens (tertiary/aromatic N) is 3. The summed E-state index contributed by atoms with van der Waals surface area (Å²) in [4.78, 5) is 22.6. The molecule has 6 nitrogen and oxygen atoms in total. The summed E-state index contributed by atoms with van der Waals surface area (Å²) in [5.74, 6) is 0. The lowest BCUT2D eigenvalue weighted by atomic mass is 10.0. The molecule has 1 N–H and O–H groups in total. The molecule has 1 saturated heterocycles. The fourth-order valence-corrected chi connectivity index (χ4v) is 2.37. The Balaban J connectivity index is 2.11. The summed E-state index contributed by atoms with van der Waals surface area (Å²) >= 11 is 0. The molecule has 0 unspecified atom stereocenters. The first-order valence-corrected chi connectivity index (χ1v) is 7.41. The van der Waals surface area contributed by atoms with Gasteiger partial charge in [-0.25, -0.2) is 4.79 Å². The number of carbonyl (C=O) groups excluding carboxylic acids is 1. The maximum Gasteiger partial charge on any atom is 0.410 e. The highest BCUT2D eigenvalue weighted by Crippen LogP contribution is 2.19. The van der Waals surface area contributed by atoms with Crippen molar-refractivity contribution in [3.05, 3.63) is 24.3 Å². The molecule has 0 atom stereocenters. The highest BCUT2D eigenvalue weighted by molar-refractivity contribution is 5.68. The summed E-state index contributed by atoms with van der Waals surface area (Å²) in [5.41, 5.74) is 0.284. The number of rotatable bonds is 3. The number of nitrogens with one attached hydrogen (secondary N) is 1. The molecule has 1 aromatic heterocycles. The number of ether oxygens (including phenoxy) is 1. The predicted molar refractivity (Wildman–Crippen MR) is 79.7 cm³/mol. The van der Waals surface area contributed by atoms with Crippen molar-refractivity contribution in [2.45, 2.75) is 51.8 Å². The summed E-state index contributed by atoms with van der Waals surface area (Å²) in [5, 5.41) is 3.31. The van der Waals surface area contributed by atoms with Crippen LogP contribution < -0.4 is 5.32 Å². The standard InChI is InChI=1S/C15H24N4O2/c1-15(2,3)21-14(20)19(13-4-6-16-7-5-13)11-12-10-17-8-9-18-12/h8-10,13,16H,4-7,11H2,1-3H3. The van der Waals surface area contributed by atoms with Crippen molar-refractivity contribution in [2.24, 2.45) is 0 Å². The van der Waals surface area contributed by atoms with Gasteiger partial charge in [-0.2, -0.15) is 0 Å². The van der Waals surface area contributed by atoms with Crippen LogP contribution in [0.1, 0.15) is 39.3 Å². The van der Waals surface area contributed by atoms with Crippen molar-refractivity contribution in [1.82, 2.24) is 20.2 Å². The van der Waals surface area contributed by atoms with Crippen LogP contribution in [0, 0.1) is 0 Å². The highest BCUT2D eigenvalue weighted by atomic mass is 16.6. The van der Waals surface area contributed by atoms with Gasteiger partial charge in [-0.05, 0) is 46.7 Å². The molecule has 2 heterocycles. The molecule has 0 aromatic carbocycles. The molecule has 0 saturated carbocycles. The molecule has 0 bridgehead atoms. The molecule has 116 valence electrons. The smallest absolute Gasteiger partial charge is 0.410 e. The summed E-state index contributed by atoms with van der Waals surface area (Å²) < 4.78 is 5.54. The molecule has 1 amide bonds. The first-order valence-electron chi connectivity index (χ1n) is 7.41. The van der Waals surface area contributed by atoms with E-state index in [-0.39, 0.29) is 12.1 Å². The molecule has 0 spiro atoms. The topological polar surface area (TPSA) is 67.3 Å². The first-order chi connectivity index (χ1) is 9.96. The van der Waals surface area contributed by atoms with Gasteiger partial charge >= 0.3 is 6.09 Å². The molecule has 1 aromatic rings. The van der Waals surface area contributed by atoms with Crippen LogP contribution in [0.5, 0.6) is 0 Å². The number of carbonyl (C=O) groups is 1. The van der Waals surface area contributed by atoms with E-state index in [0.717, 1.165) is 31.6 Å². The van der Waals surface area contributed by atoms with E-state index in [1.54, 1.807) is 23.5 Å². The van der Waals surface area contributed by atoms with Gasteiger partial charge in [0, 0.05) is 18.4 Å². The molecular formula is C15H24N4O2. The van der Waals surface area contributed by atoms with Gasteiger partial charge in [0.1, 0.15) is 5.60 Å². The summed E-state index contributed by atoms with van der Waals surface area (Å²) in [7, 11) is 0. The van der Waals surface area contributed by atoms with Gasteiger partial charge in [0.2, 0.25) is 0 Å². The number of piperidine rings is 1. The minimum atomic E-state index is -0.495. The van der Waals surface area contributed by atoms with Crippen molar-refractivity contribution < 1.29 is 9.53 Å². The zero-order valence-corrected chi connectivity index (χ0v) is 13.0. The van der Waals surface area contributed by atoms with Gasteiger partial charge < -0.3 is 10.1 Å². The maximum absolute atomic E-state index is 12.5. The van der Waals surface area contributed by atoms with Crippen molar-refractivity contribution in [1.29, 1.82) is 0 Å². The zero-order chi connectivity index (χ0) is 15.3. The van der Waals surface area contributed by atoms with Gasteiger partial charge in [-0.3, -0.25) is 14.9 Å². The second-order valence-corrected chi connectivity index (χ2v) is 6.29. The van der Waals surface area contributed by atoms with Gasteiger partial charge in [-0.15, -0.1) is 0 Å². The molecule has 1 fully saturated rings.